The van der Waals surface area contributed by atoms with Crippen LogP contribution in [0.5, 0.6) is 0 Å². The maximum absolute atomic E-state index is 11.7. The van der Waals surface area contributed by atoms with Gasteiger partial charge in [0.05, 0.1) is 11.9 Å². The van der Waals surface area contributed by atoms with Crippen molar-refractivity contribution in [2.45, 2.75) is 13.3 Å². The van der Waals surface area contributed by atoms with Gasteiger partial charge in [-0.2, -0.15) is 10.1 Å². The van der Waals surface area contributed by atoms with Gasteiger partial charge in [0.25, 0.3) is 5.56 Å². The van der Waals surface area contributed by atoms with E-state index >= 15 is 0 Å². The highest BCUT2D eigenvalue weighted by molar-refractivity contribution is 7.89. The van der Waals surface area contributed by atoms with Gasteiger partial charge in [-0.1, -0.05) is 0 Å². The molecule has 9 nitrogen and oxygen atoms in total. The fourth-order valence-corrected chi connectivity index (χ4v) is 2.65. The monoisotopic (exact) mass is 314 g/mol. The lowest BCUT2D eigenvalue weighted by Crippen LogP contribution is -2.30. The van der Waals surface area contributed by atoms with Gasteiger partial charge in [0.2, 0.25) is 16.0 Å². The molecule has 0 saturated heterocycles. The predicted molar refractivity (Wildman–Crippen MR) is 79.7 cm³/mol. The molecule has 0 aliphatic rings. The topological polar surface area (TPSA) is 124 Å². The number of aromatic nitrogens is 4. The van der Waals surface area contributed by atoms with Crippen LogP contribution in [0.3, 0.4) is 0 Å². The Bertz CT molecular complexity index is 766. The van der Waals surface area contributed by atoms with Gasteiger partial charge in [0.15, 0.2) is 5.65 Å². The van der Waals surface area contributed by atoms with Gasteiger partial charge < -0.3 is 5.32 Å². The van der Waals surface area contributed by atoms with Crippen LogP contribution in [0.2, 0.25) is 0 Å². The first-order valence-electron chi connectivity index (χ1n) is 6.55. The van der Waals surface area contributed by atoms with Crippen LogP contribution >= 0.6 is 0 Å². The van der Waals surface area contributed by atoms with Crippen LogP contribution in [0.15, 0.2) is 11.0 Å². The second kappa shape index (κ2) is 6.22. The summed E-state index contributed by atoms with van der Waals surface area (Å²) in [6.45, 7) is 2.50. The lowest BCUT2D eigenvalue weighted by molar-refractivity contribution is 0.466. The zero-order valence-electron chi connectivity index (χ0n) is 11.9. The third-order valence-corrected chi connectivity index (χ3v) is 4.96. The van der Waals surface area contributed by atoms with Gasteiger partial charge in [0.1, 0.15) is 5.39 Å². The molecule has 21 heavy (non-hydrogen) atoms. The molecule has 0 aliphatic carbocycles. The molecule has 2 aromatic heterocycles. The van der Waals surface area contributed by atoms with E-state index in [1.807, 2.05) is 0 Å². The van der Waals surface area contributed by atoms with Crippen molar-refractivity contribution in [3.63, 3.8) is 0 Å². The maximum atomic E-state index is 11.7. The number of anilines is 1. The van der Waals surface area contributed by atoms with E-state index in [0.29, 0.717) is 36.5 Å². The summed E-state index contributed by atoms with van der Waals surface area (Å²) in [7, 11) is -1.60. The van der Waals surface area contributed by atoms with E-state index in [2.05, 4.69) is 25.5 Å². The number of hydrogen-bond acceptors (Lipinski definition) is 6. The summed E-state index contributed by atoms with van der Waals surface area (Å²) >= 11 is 0. The molecule has 0 bridgehead atoms. The van der Waals surface area contributed by atoms with Crippen LogP contribution in [-0.4, -0.2) is 58.8 Å². The van der Waals surface area contributed by atoms with Crippen LogP contribution in [0.25, 0.3) is 11.0 Å². The molecule has 0 atom stereocenters. The zero-order valence-corrected chi connectivity index (χ0v) is 12.7. The summed E-state index contributed by atoms with van der Waals surface area (Å²) < 4.78 is 24.4. The van der Waals surface area contributed by atoms with Crippen molar-refractivity contribution in [3.05, 3.63) is 16.6 Å². The first kappa shape index (κ1) is 15.4. The highest BCUT2D eigenvalue weighted by Gasteiger charge is 2.14. The van der Waals surface area contributed by atoms with E-state index in [1.54, 1.807) is 14.0 Å². The Morgan fingerprint density at radius 1 is 1.43 bits per heavy atom. The van der Waals surface area contributed by atoms with Crippen molar-refractivity contribution >= 4 is 27.0 Å². The Kier molecular flexibility index (Phi) is 4.58. The summed E-state index contributed by atoms with van der Waals surface area (Å²) in [5.74, 6) is 0.417. The van der Waals surface area contributed by atoms with E-state index in [-0.39, 0.29) is 11.3 Å². The fourth-order valence-electron chi connectivity index (χ4n) is 1.80. The SMILES string of the molecule is CCS(=O)(=O)N(C)CCCNc1nc2[nH]ncc2c(=O)[nH]1. The minimum absolute atomic E-state index is 0.0856. The largest absolute Gasteiger partial charge is 0.356 e. The number of H-pyrrole nitrogens is 2. The van der Waals surface area contributed by atoms with Crippen molar-refractivity contribution in [2.24, 2.45) is 0 Å². The van der Waals surface area contributed by atoms with Crippen molar-refractivity contribution in [3.8, 4) is 0 Å². The maximum Gasteiger partial charge on any atom is 0.263 e. The fraction of sp³-hybridized carbons (Fsp3) is 0.545. The molecular weight excluding hydrogens is 296 g/mol. The average molecular weight is 314 g/mol. The van der Waals surface area contributed by atoms with Gasteiger partial charge in [-0.25, -0.2) is 12.7 Å². The van der Waals surface area contributed by atoms with E-state index in [0.717, 1.165) is 0 Å². The molecule has 116 valence electrons. The summed E-state index contributed by atoms with van der Waals surface area (Å²) in [4.78, 5) is 18.4. The van der Waals surface area contributed by atoms with Gasteiger partial charge >= 0.3 is 0 Å². The molecule has 0 aliphatic heterocycles. The third-order valence-electron chi connectivity index (χ3n) is 3.10. The van der Waals surface area contributed by atoms with Crippen LogP contribution in [-0.2, 0) is 10.0 Å². The van der Waals surface area contributed by atoms with E-state index < -0.39 is 10.0 Å². The lowest BCUT2D eigenvalue weighted by Gasteiger charge is -2.15. The molecule has 0 aromatic carbocycles. The molecule has 0 spiro atoms. The molecule has 10 heteroatoms. The minimum atomic E-state index is -3.15. The lowest BCUT2D eigenvalue weighted by atomic mass is 10.4. The number of rotatable bonds is 7. The van der Waals surface area contributed by atoms with Crippen LogP contribution in [0.1, 0.15) is 13.3 Å². The van der Waals surface area contributed by atoms with Crippen LogP contribution < -0.4 is 10.9 Å². The Morgan fingerprint density at radius 2 is 2.19 bits per heavy atom. The number of nitrogens with one attached hydrogen (secondary N) is 3. The number of fused-ring (bicyclic) bond motifs is 1. The average Bonchev–Trinajstić information content (AvgIpc) is 2.92. The first-order chi connectivity index (χ1) is 9.94. The molecule has 0 radical (unpaired) electrons. The van der Waals surface area contributed by atoms with Gasteiger partial charge in [-0.05, 0) is 13.3 Å². The summed E-state index contributed by atoms with van der Waals surface area (Å²) in [6, 6.07) is 0. The Hall–Kier alpha value is -1.94. The number of sulfonamides is 1. The summed E-state index contributed by atoms with van der Waals surface area (Å²) in [5.41, 5.74) is 0.133. The number of nitrogens with zero attached hydrogens (tertiary/aromatic N) is 3. The van der Waals surface area contributed by atoms with Crippen LogP contribution in [0.4, 0.5) is 5.95 Å². The third kappa shape index (κ3) is 3.58. The Morgan fingerprint density at radius 3 is 2.90 bits per heavy atom. The molecule has 2 heterocycles. The van der Waals surface area contributed by atoms with Crippen molar-refractivity contribution in [2.75, 3.05) is 31.2 Å². The summed E-state index contributed by atoms with van der Waals surface area (Å²) in [5, 5.41) is 9.73. The van der Waals surface area contributed by atoms with Crippen molar-refractivity contribution in [1.29, 1.82) is 0 Å². The van der Waals surface area contributed by atoms with Crippen molar-refractivity contribution in [1.82, 2.24) is 24.5 Å². The molecule has 0 amide bonds. The van der Waals surface area contributed by atoms with Crippen LogP contribution in [0, 0.1) is 0 Å². The molecular formula is C11H18N6O3S. The second-order valence-electron chi connectivity index (χ2n) is 4.55. The minimum Gasteiger partial charge on any atom is -0.356 e. The Balaban J connectivity index is 1.89. The highest BCUT2D eigenvalue weighted by Crippen LogP contribution is 2.04. The summed E-state index contributed by atoms with van der Waals surface area (Å²) in [6.07, 6.45) is 2.01. The Labute approximate surface area is 121 Å². The van der Waals surface area contributed by atoms with E-state index in [4.69, 9.17) is 0 Å². The zero-order chi connectivity index (χ0) is 15.5. The first-order valence-corrected chi connectivity index (χ1v) is 8.16. The molecule has 2 aromatic rings. The molecule has 0 unspecified atom stereocenters. The predicted octanol–water partition coefficient (Wildman–Crippen LogP) is -0.270. The standard InChI is InChI=1S/C11H18N6O3S/c1-3-21(19,20)17(2)6-4-5-12-11-14-9-8(7-13-16-9)10(18)15-11/h7H,3-6H2,1-2H3,(H3,12,13,14,15,16,18). The molecule has 0 saturated carbocycles. The van der Waals surface area contributed by atoms with Crippen molar-refractivity contribution < 1.29 is 8.42 Å². The molecule has 0 fully saturated rings. The van der Waals surface area contributed by atoms with E-state index in [9.17, 15) is 13.2 Å². The number of hydrogen-bond donors (Lipinski definition) is 3. The quantitative estimate of drug-likeness (QED) is 0.604. The highest BCUT2D eigenvalue weighted by atomic mass is 32.2. The normalized spacial score (nSPS) is 12.1. The van der Waals surface area contributed by atoms with E-state index in [1.165, 1.54) is 10.5 Å². The molecule has 2 rings (SSSR count). The van der Waals surface area contributed by atoms with Gasteiger partial charge in [0, 0.05) is 20.1 Å². The second-order valence-corrected chi connectivity index (χ2v) is 6.91. The number of aromatic amines is 2. The van der Waals surface area contributed by atoms with Gasteiger partial charge in [-0.3, -0.25) is 14.9 Å². The smallest absolute Gasteiger partial charge is 0.263 e. The molecule has 3 N–H and O–H groups in total. The van der Waals surface area contributed by atoms with Gasteiger partial charge in [-0.15, -0.1) is 0 Å².